The molecule has 3 rings (SSSR count). The van der Waals surface area contributed by atoms with Crippen molar-refractivity contribution in [3.8, 4) is 0 Å². The van der Waals surface area contributed by atoms with Gasteiger partial charge in [0.15, 0.2) is 0 Å². The summed E-state index contributed by atoms with van der Waals surface area (Å²) in [6.07, 6.45) is 6.30. The van der Waals surface area contributed by atoms with Crippen LogP contribution in [0.3, 0.4) is 0 Å². The largest absolute Gasteiger partial charge is 0.352 e. The molecule has 1 saturated carbocycles. The second kappa shape index (κ2) is 13.3. The van der Waals surface area contributed by atoms with Crippen molar-refractivity contribution in [2.75, 3.05) is 26.2 Å². The number of likely N-dealkylation sites (tertiary alicyclic amines) is 1. The van der Waals surface area contributed by atoms with Crippen LogP contribution in [0.25, 0.3) is 0 Å². The molecule has 4 atom stereocenters. The van der Waals surface area contributed by atoms with Gasteiger partial charge in [-0.15, -0.1) is 0 Å². The molecule has 0 aromatic heterocycles. The van der Waals surface area contributed by atoms with E-state index in [-0.39, 0.29) is 17.7 Å². The first kappa shape index (κ1) is 28.3. The smallest absolute Gasteiger partial charge is 0.251 e. The maximum Gasteiger partial charge on any atom is 0.251 e. The van der Waals surface area contributed by atoms with E-state index < -0.39 is 0 Å². The number of benzene rings is 1. The fraction of sp³-hybridized carbons (Fsp3) is 0.714. The van der Waals surface area contributed by atoms with Crippen molar-refractivity contribution in [2.24, 2.45) is 29.6 Å². The van der Waals surface area contributed by atoms with Gasteiger partial charge in [-0.1, -0.05) is 50.9 Å². The summed E-state index contributed by atoms with van der Waals surface area (Å²) in [6.45, 7) is 12.0. The Bertz CT molecular complexity index is 853. The summed E-state index contributed by atoms with van der Waals surface area (Å²) in [5.74, 6) is 2.48. The summed E-state index contributed by atoms with van der Waals surface area (Å²) >= 11 is 12.1. The molecule has 0 bridgehead atoms. The van der Waals surface area contributed by atoms with Gasteiger partial charge in [0.05, 0.1) is 10.0 Å². The van der Waals surface area contributed by atoms with Crippen molar-refractivity contribution in [1.82, 2.24) is 15.5 Å². The molecule has 1 saturated heterocycles. The van der Waals surface area contributed by atoms with Gasteiger partial charge < -0.3 is 15.5 Å². The van der Waals surface area contributed by atoms with Crippen molar-refractivity contribution < 1.29 is 9.59 Å². The van der Waals surface area contributed by atoms with Gasteiger partial charge >= 0.3 is 0 Å². The lowest BCUT2D eigenvalue weighted by Gasteiger charge is -2.35. The third-order valence-corrected chi connectivity index (χ3v) is 8.36. The van der Waals surface area contributed by atoms with Crippen molar-refractivity contribution in [3.63, 3.8) is 0 Å². The zero-order chi connectivity index (χ0) is 25.5. The third-order valence-electron chi connectivity index (χ3n) is 7.62. The molecule has 0 spiro atoms. The highest BCUT2D eigenvalue weighted by atomic mass is 35.5. The van der Waals surface area contributed by atoms with Gasteiger partial charge in [0.2, 0.25) is 5.91 Å². The lowest BCUT2D eigenvalue weighted by Crippen LogP contribution is -2.41. The number of nitrogens with zero attached hydrogens (tertiary/aromatic N) is 1. The van der Waals surface area contributed by atoms with E-state index in [1.54, 1.807) is 18.2 Å². The molecule has 1 aliphatic carbocycles. The number of hydrogen-bond donors (Lipinski definition) is 2. The summed E-state index contributed by atoms with van der Waals surface area (Å²) in [5.41, 5.74) is 0.504. The van der Waals surface area contributed by atoms with E-state index in [2.05, 4.69) is 43.2 Å². The number of carbonyl (C=O) groups is 2. The van der Waals surface area contributed by atoms with E-state index in [1.807, 2.05) is 0 Å². The van der Waals surface area contributed by atoms with E-state index in [4.69, 9.17) is 23.2 Å². The third kappa shape index (κ3) is 8.65. The van der Waals surface area contributed by atoms with Crippen LogP contribution in [-0.2, 0) is 4.79 Å². The molecule has 7 heteroatoms. The lowest BCUT2D eigenvalue weighted by atomic mass is 9.76. The van der Waals surface area contributed by atoms with Crippen molar-refractivity contribution in [1.29, 1.82) is 0 Å². The molecule has 2 unspecified atom stereocenters. The van der Waals surface area contributed by atoms with E-state index in [9.17, 15) is 9.59 Å². The van der Waals surface area contributed by atoms with Gasteiger partial charge in [0.1, 0.15) is 0 Å². The molecule has 1 aromatic carbocycles. The second-order valence-corrected chi connectivity index (χ2v) is 12.2. The van der Waals surface area contributed by atoms with Crippen molar-refractivity contribution in [3.05, 3.63) is 33.8 Å². The number of carbonyl (C=O) groups excluding carboxylic acids is 2. The number of hydrogen-bond acceptors (Lipinski definition) is 3. The number of nitrogens with one attached hydrogen (secondary N) is 2. The average molecular weight is 525 g/mol. The van der Waals surface area contributed by atoms with E-state index in [0.717, 1.165) is 50.7 Å². The minimum Gasteiger partial charge on any atom is -0.352 e. The first-order valence-electron chi connectivity index (χ1n) is 13.4. The van der Waals surface area contributed by atoms with Crippen molar-refractivity contribution in [2.45, 2.75) is 72.3 Å². The zero-order valence-electron chi connectivity index (χ0n) is 21.8. The van der Waals surface area contributed by atoms with Crippen LogP contribution in [0.15, 0.2) is 18.2 Å². The Kier molecular flexibility index (Phi) is 10.7. The minimum absolute atomic E-state index is 0.00549. The van der Waals surface area contributed by atoms with Crippen LogP contribution in [0.5, 0.6) is 0 Å². The quantitative estimate of drug-likeness (QED) is 0.414. The number of halogens is 2. The van der Waals surface area contributed by atoms with E-state index >= 15 is 0 Å². The molecule has 2 fully saturated rings. The van der Waals surface area contributed by atoms with Crippen LogP contribution in [0.4, 0.5) is 0 Å². The molecule has 2 amide bonds. The SMILES string of the molecule is CC1CC(C)CC(CN2CC[C@@H](CNC(=O)c3ccc(Cl)c(Cl)c3)C[C@@H](CCNC(C)C)C2=O)C1. The summed E-state index contributed by atoms with van der Waals surface area (Å²) in [4.78, 5) is 28.5. The molecule has 35 heavy (non-hydrogen) atoms. The Hall–Kier alpha value is -1.30. The van der Waals surface area contributed by atoms with Gasteiger partial charge in [-0.3, -0.25) is 9.59 Å². The predicted octanol–water partition coefficient (Wildman–Crippen LogP) is 6.04. The Labute approximate surface area is 221 Å². The summed E-state index contributed by atoms with van der Waals surface area (Å²) < 4.78 is 0. The molecular weight excluding hydrogens is 481 g/mol. The number of rotatable bonds is 9. The fourth-order valence-corrected chi connectivity index (χ4v) is 6.33. The first-order chi connectivity index (χ1) is 16.6. The minimum atomic E-state index is -0.154. The summed E-state index contributed by atoms with van der Waals surface area (Å²) in [6, 6.07) is 5.34. The molecule has 2 aliphatic rings. The highest BCUT2D eigenvalue weighted by Gasteiger charge is 2.34. The van der Waals surface area contributed by atoms with E-state index in [1.165, 1.54) is 19.3 Å². The first-order valence-corrected chi connectivity index (χ1v) is 14.1. The topological polar surface area (TPSA) is 61.4 Å². The highest BCUT2D eigenvalue weighted by molar-refractivity contribution is 6.42. The van der Waals surface area contributed by atoms with E-state index in [0.29, 0.717) is 40.0 Å². The van der Waals surface area contributed by atoms with Gasteiger partial charge in [-0.25, -0.2) is 0 Å². The van der Waals surface area contributed by atoms with Gasteiger partial charge in [0, 0.05) is 37.2 Å². The van der Waals surface area contributed by atoms with Crippen LogP contribution < -0.4 is 10.6 Å². The molecule has 1 aromatic rings. The molecule has 196 valence electrons. The van der Waals surface area contributed by atoms with Crippen molar-refractivity contribution >= 4 is 35.0 Å². The predicted molar refractivity (Wildman–Crippen MR) is 145 cm³/mol. The fourth-order valence-electron chi connectivity index (χ4n) is 6.03. The molecule has 1 aliphatic heterocycles. The Morgan fingerprint density at radius 2 is 1.77 bits per heavy atom. The van der Waals surface area contributed by atoms with Crippen LogP contribution >= 0.6 is 23.2 Å². The molecule has 0 radical (unpaired) electrons. The van der Waals surface area contributed by atoms with Crippen LogP contribution in [0.1, 0.15) is 76.6 Å². The average Bonchev–Trinajstić information content (AvgIpc) is 2.92. The van der Waals surface area contributed by atoms with Crippen LogP contribution in [0, 0.1) is 29.6 Å². The molecule has 5 nitrogen and oxygen atoms in total. The summed E-state index contributed by atoms with van der Waals surface area (Å²) in [7, 11) is 0. The number of amides is 2. The zero-order valence-corrected chi connectivity index (χ0v) is 23.3. The van der Waals surface area contributed by atoms with Gasteiger partial charge in [-0.05, 0) is 86.9 Å². The monoisotopic (exact) mass is 523 g/mol. The Morgan fingerprint density at radius 3 is 2.43 bits per heavy atom. The maximum atomic E-state index is 13.6. The normalized spacial score (nSPS) is 27.7. The standard InChI is InChI=1S/C28H43Cl2N3O2/c1-18(2)31-9-7-24-14-21(16-32-27(34)23-5-6-25(29)26(30)15-23)8-10-33(28(24)35)17-22-12-19(3)11-20(4)13-22/h5-6,15,18-22,24,31H,7-14,16-17H2,1-4H3,(H,32,34)/t19?,20?,21-,22?,24-/m1/s1. The molecule has 1 heterocycles. The summed E-state index contributed by atoms with van der Waals surface area (Å²) in [5, 5.41) is 7.36. The van der Waals surface area contributed by atoms with Crippen LogP contribution in [-0.4, -0.2) is 48.9 Å². The lowest BCUT2D eigenvalue weighted by molar-refractivity contribution is -0.136. The Balaban J connectivity index is 1.63. The van der Waals surface area contributed by atoms with Gasteiger partial charge in [-0.2, -0.15) is 0 Å². The maximum absolute atomic E-state index is 13.6. The second-order valence-electron chi connectivity index (χ2n) is 11.4. The van der Waals surface area contributed by atoms with Crippen LogP contribution in [0.2, 0.25) is 10.0 Å². The molecule has 2 N–H and O–H groups in total. The highest BCUT2D eigenvalue weighted by Crippen LogP contribution is 2.34. The van der Waals surface area contributed by atoms with Gasteiger partial charge in [0.25, 0.3) is 5.91 Å². The Morgan fingerprint density at radius 1 is 1.06 bits per heavy atom. The molecular formula is C28H43Cl2N3O2.